The van der Waals surface area contributed by atoms with Crippen molar-refractivity contribution in [2.24, 2.45) is 34.0 Å². The van der Waals surface area contributed by atoms with Crippen molar-refractivity contribution in [2.75, 3.05) is 34.0 Å². The van der Waals surface area contributed by atoms with Gasteiger partial charge in [-0.2, -0.15) is 5.26 Å². The van der Waals surface area contributed by atoms with E-state index in [2.05, 4.69) is 6.07 Å². The summed E-state index contributed by atoms with van der Waals surface area (Å²) >= 11 is 0. The number of aromatic nitrogens is 4. The van der Waals surface area contributed by atoms with E-state index < -0.39 is 115 Å². The van der Waals surface area contributed by atoms with Crippen LogP contribution in [0.3, 0.4) is 0 Å². The standard InChI is InChI=1S/C67H82N5O18P/c1-41-35-69(62(78)71(57(41)73)39-82-59(75)64(3,4)5)55-30-51(89-61(77)66-32-43-27-44(33-66)29-45(28-43)34-66)54(88-55)38-86-91(85-26-14-25-68)90-52-31-56(70-36-42(2)58(74)72(63(70)79)40-83-60(76)65(6,7)8)87-53(52)37-84-67(46-15-12-11-13-16-46,47-17-21-49(80-9)22-18-47)48-19-23-50(81-10)24-20-48/h11-13,15-24,35-36,43-45,51-56H,14,26-34,37-40H2,1-10H3/t43?,44?,45?,51-,52-,53+,54+,55+,56+,66?,91?/m0/s1. The molecule has 4 saturated carbocycles. The third-order valence-corrected chi connectivity index (χ3v) is 19.1. The Kier molecular flexibility index (Phi) is 20.1. The van der Waals surface area contributed by atoms with Gasteiger partial charge < -0.3 is 51.5 Å². The molecule has 11 rings (SSSR count). The highest BCUT2D eigenvalue weighted by molar-refractivity contribution is 7.41. The van der Waals surface area contributed by atoms with E-state index in [0.29, 0.717) is 40.4 Å². The van der Waals surface area contributed by atoms with Crippen molar-refractivity contribution in [3.05, 3.63) is 161 Å². The first-order valence-corrected chi connectivity index (χ1v) is 32.0. The van der Waals surface area contributed by atoms with Crippen LogP contribution in [-0.4, -0.2) is 94.6 Å². The second-order valence-corrected chi connectivity index (χ2v) is 27.9. The maximum absolute atomic E-state index is 14.8. The molecule has 4 bridgehead atoms. The molecular weight excluding hydrogens is 1190 g/mol. The van der Waals surface area contributed by atoms with Crippen LogP contribution in [0.4, 0.5) is 0 Å². The molecule has 91 heavy (non-hydrogen) atoms. The zero-order valence-corrected chi connectivity index (χ0v) is 54.2. The fourth-order valence-corrected chi connectivity index (χ4v) is 14.7. The number of carbonyl (C=O) groups excluding carboxylic acids is 3. The van der Waals surface area contributed by atoms with Gasteiger partial charge in [0.1, 0.15) is 47.9 Å². The number of carbonyl (C=O) groups is 3. The molecule has 0 N–H and O–H groups in total. The fraction of sp³-hybridized carbons (Fsp3) is 0.552. The molecule has 7 atom stereocenters. The molecule has 2 aliphatic heterocycles. The van der Waals surface area contributed by atoms with E-state index in [1.54, 1.807) is 55.8 Å². The van der Waals surface area contributed by atoms with Gasteiger partial charge in [-0.25, -0.2) is 18.7 Å². The highest BCUT2D eigenvalue weighted by Crippen LogP contribution is 2.61. The summed E-state index contributed by atoms with van der Waals surface area (Å²) in [7, 11) is 0.637. The van der Waals surface area contributed by atoms with Crippen LogP contribution in [0, 0.1) is 59.2 Å². The summed E-state index contributed by atoms with van der Waals surface area (Å²) in [4.78, 5) is 96.8. The first kappa shape index (κ1) is 66.6. The molecule has 0 spiro atoms. The van der Waals surface area contributed by atoms with E-state index in [9.17, 15) is 38.8 Å². The Hall–Kier alpha value is -7.29. The van der Waals surface area contributed by atoms with E-state index in [0.717, 1.165) is 53.2 Å². The minimum absolute atomic E-state index is 0.0334. The van der Waals surface area contributed by atoms with Gasteiger partial charge in [0.05, 0.1) is 68.9 Å². The molecule has 23 nitrogen and oxygen atoms in total. The van der Waals surface area contributed by atoms with Gasteiger partial charge in [0.2, 0.25) is 0 Å². The summed E-state index contributed by atoms with van der Waals surface area (Å²) in [6, 6.07) is 26.6. The lowest BCUT2D eigenvalue weighted by Gasteiger charge is -2.55. The van der Waals surface area contributed by atoms with Crippen LogP contribution in [0.1, 0.15) is 140 Å². The number of nitrogens with zero attached hydrogens (tertiary/aromatic N) is 5. The molecule has 488 valence electrons. The number of methoxy groups -OCH3 is 2. The molecule has 5 aromatic rings. The predicted octanol–water partition coefficient (Wildman–Crippen LogP) is 9.03. The summed E-state index contributed by atoms with van der Waals surface area (Å²) < 4.78 is 73.6. The molecule has 1 unspecified atom stereocenters. The Bertz CT molecular complexity index is 3650. The molecule has 3 aromatic carbocycles. The SMILES string of the molecule is COc1ccc(C(OC[C@H]2O[C@@H](n3cc(C)c(=O)n(COC(=O)C(C)(C)C)c3=O)C[C@@H]2OP(OCCC#N)OC[C@H]2O[C@@H](n3cc(C)c(=O)n(COC(=O)C(C)(C)C)c3=O)C[C@@H]2OC(=O)C23CC4CC(CC(C4)C2)C3)(c2ccccc2)c2ccc(OC)cc2)cc1. The number of hydrogen-bond acceptors (Lipinski definition) is 19. The molecule has 24 heteroatoms. The molecule has 2 saturated heterocycles. The summed E-state index contributed by atoms with van der Waals surface area (Å²) in [6.07, 6.45) is 1.58. The first-order valence-electron chi connectivity index (χ1n) is 30.9. The van der Waals surface area contributed by atoms with Crippen LogP contribution in [0.5, 0.6) is 11.5 Å². The van der Waals surface area contributed by atoms with Gasteiger partial charge in [-0.1, -0.05) is 54.6 Å². The molecule has 6 fully saturated rings. The van der Waals surface area contributed by atoms with Crippen molar-refractivity contribution in [3.63, 3.8) is 0 Å². The molecule has 4 aliphatic carbocycles. The smallest absolute Gasteiger partial charge is 0.335 e. The number of aryl methyl sites for hydroxylation is 2. The summed E-state index contributed by atoms with van der Waals surface area (Å²) in [5, 5.41) is 9.79. The minimum Gasteiger partial charge on any atom is -0.497 e. The van der Waals surface area contributed by atoms with Gasteiger partial charge in [0, 0.05) is 36.4 Å². The van der Waals surface area contributed by atoms with Gasteiger partial charge >= 0.3 is 37.9 Å². The molecule has 6 aliphatic rings. The van der Waals surface area contributed by atoms with E-state index in [4.69, 9.17) is 51.5 Å². The Balaban J connectivity index is 1.000. The van der Waals surface area contributed by atoms with Crippen LogP contribution < -0.4 is 32.0 Å². The topological polar surface area (TPSA) is 265 Å². The van der Waals surface area contributed by atoms with Crippen molar-refractivity contribution in [3.8, 4) is 17.6 Å². The van der Waals surface area contributed by atoms with Gasteiger partial charge in [-0.05, 0) is 153 Å². The average Bonchev–Trinajstić information content (AvgIpc) is 0.893. The Morgan fingerprint density at radius 1 is 0.615 bits per heavy atom. The maximum atomic E-state index is 14.8. The van der Waals surface area contributed by atoms with E-state index in [1.165, 1.54) is 35.4 Å². The van der Waals surface area contributed by atoms with Crippen LogP contribution in [0.25, 0.3) is 0 Å². The van der Waals surface area contributed by atoms with Crippen LogP contribution >= 0.6 is 8.60 Å². The molecule has 0 amide bonds. The van der Waals surface area contributed by atoms with E-state index >= 15 is 0 Å². The van der Waals surface area contributed by atoms with Crippen molar-refractivity contribution in [1.82, 2.24) is 18.3 Å². The van der Waals surface area contributed by atoms with E-state index in [-0.39, 0.29) is 56.2 Å². The normalized spacial score (nSPS) is 24.8. The quantitative estimate of drug-likeness (QED) is 0.0183. The van der Waals surface area contributed by atoms with E-state index in [1.807, 2.05) is 78.9 Å². The van der Waals surface area contributed by atoms with Crippen LogP contribution in [0.15, 0.2) is 110 Å². The first-order chi connectivity index (χ1) is 43.3. The maximum Gasteiger partial charge on any atom is 0.335 e. The third-order valence-electron chi connectivity index (χ3n) is 17.9. The summed E-state index contributed by atoms with van der Waals surface area (Å²) in [5.41, 5.74) is -4.45. The van der Waals surface area contributed by atoms with Gasteiger partial charge in [-0.15, -0.1) is 0 Å². The van der Waals surface area contributed by atoms with Gasteiger partial charge in [0.25, 0.3) is 11.1 Å². The Morgan fingerprint density at radius 3 is 1.52 bits per heavy atom. The number of hydrogen-bond donors (Lipinski definition) is 0. The second-order valence-electron chi connectivity index (χ2n) is 26.7. The number of ether oxygens (including phenoxy) is 8. The van der Waals surface area contributed by atoms with Gasteiger partial charge in [-0.3, -0.25) is 33.1 Å². The highest BCUT2D eigenvalue weighted by atomic mass is 31.2. The molecule has 0 radical (unpaired) electrons. The molecule has 2 aromatic heterocycles. The zero-order valence-electron chi connectivity index (χ0n) is 53.3. The third kappa shape index (κ3) is 14.4. The largest absolute Gasteiger partial charge is 0.497 e. The second kappa shape index (κ2) is 27.5. The fourth-order valence-electron chi connectivity index (χ4n) is 13.5. The van der Waals surface area contributed by atoms with Crippen LogP contribution in [-0.2, 0) is 75.4 Å². The Morgan fingerprint density at radius 2 is 1.07 bits per heavy atom. The average molecular weight is 1280 g/mol. The zero-order chi connectivity index (χ0) is 65.2. The Labute approximate surface area is 529 Å². The number of esters is 3. The summed E-state index contributed by atoms with van der Waals surface area (Å²) in [6.45, 7) is 10.9. The van der Waals surface area contributed by atoms with Gasteiger partial charge in [0.15, 0.2) is 13.5 Å². The number of benzene rings is 3. The molecule has 4 heterocycles. The summed E-state index contributed by atoms with van der Waals surface area (Å²) in [5.74, 6) is 0.883. The van der Waals surface area contributed by atoms with Crippen LogP contribution in [0.2, 0.25) is 0 Å². The predicted molar refractivity (Wildman–Crippen MR) is 330 cm³/mol. The lowest BCUT2D eigenvalue weighted by atomic mass is 9.49. The lowest BCUT2D eigenvalue weighted by molar-refractivity contribution is -0.180. The lowest BCUT2D eigenvalue weighted by Crippen LogP contribution is -2.51. The highest BCUT2D eigenvalue weighted by Gasteiger charge is 2.57. The number of rotatable bonds is 24. The van der Waals surface area contributed by atoms with Crippen molar-refractivity contribution in [2.45, 2.75) is 169 Å². The van der Waals surface area contributed by atoms with Crippen molar-refractivity contribution < 1.29 is 65.8 Å². The monoisotopic (exact) mass is 1280 g/mol. The van der Waals surface area contributed by atoms with Crippen molar-refractivity contribution in [1.29, 1.82) is 5.26 Å². The minimum atomic E-state index is -2.51. The number of nitriles is 1. The molecular formula is C67H82N5O18P. The van der Waals surface area contributed by atoms with Crippen molar-refractivity contribution >= 4 is 26.5 Å².